The Morgan fingerprint density at radius 3 is 2.38 bits per heavy atom. The zero-order valence-corrected chi connectivity index (χ0v) is 12.3. The van der Waals surface area contributed by atoms with Crippen LogP contribution in [0.5, 0.6) is 0 Å². The summed E-state index contributed by atoms with van der Waals surface area (Å²) in [6, 6.07) is 8.70. The van der Waals surface area contributed by atoms with Gasteiger partial charge >= 0.3 is 0 Å². The molecule has 90 valence electrons. The molecule has 1 aromatic rings. The minimum atomic E-state index is -0.683. The third-order valence-corrected chi connectivity index (χ3v) is 3.11. The van der Waals surface area contributed by atoms with E-state index < -0.39 is 5.60 Å². The maximum atomic E-state index is 10.2. The van der Waals surface area contributed by atoms with Crippen molar-refractivity contribution in [3.8, 4) is 0 Å². The van der Waals surface area contributed by atoms with Gasteiger partial charge < -0.3 is 10.4 Å². The summed E-state index contributed by atoms with van der Waals surface area (Å²) >= 11 is 2.28. The van der Waals surface area contributed by atoms with Crippen molar-refractivity contribution in [2.24, 2.45) is 0 Å². The molecule has 0 amide bonds. The van der Waals surface area contributed by atoms with E-state index in [-0.39, 0.29) is 0 Å². The molecule has 2 N–H and O–H groups in total. The molecule has 0 aliphatic rings. The molecule has 1 rings (SSSR count). The minimum absolute atomic E-state index is 0.406. The van der Waals surface area contributed by atoms with Gasteiger partial charge in [0.15, 0.2) is 0 Å². The number of hydrogen-bond donors (Lipinski definition) is 2. The van der Waals surface area contributed by atoms with Crippen LogP contribution >= 0.6 is 22.6 Å². The Morgan fingerprint density at radius 1 is 1.31 bits per heavy atom. The molecule has 3 heteroatoms. The maximum Gasteiger partial charge on any atom is 0.0783 e. The molecule has 0 spiro atoms. The highest BCUT2D eigenvalue weighted by atomic mass is 127. The average molecular weight is 333 g/mol. The van der Waals surface area contributed by atoms with Crippen molar-refractivity contribution in [1.29, 1.82) is 0 Å². The second kappa shape index (κ2) is 5.98. The van der Waals surface area contributed by atoms with Gasteiger partial charge in [-0.3, -0.25) is 0 Å². The summed E-state index contributed by atoms with van der Waals surface area (Å²) in [4.78, 5) is 0. The van der Waals surface area contributed by atoms with Crippen LogP contribution in [0.4, 0.5) is 0 Å². The molecule has 0 bridgehead atoms. The van der Waals surface area contributed by atoms with E-state index in [1.54, 1.807) is 0 Å². The van der Waals surface area contributed by atoms with Crippen LogP contribution in [-0.2, 0) is 6.42 Å². The second-order valence-corrected chi connectivity index (χ2v) is 6.08. The molecule has 0 aromatic heterocycles. The lowest BCUT2D eigenvalue weighted by molar-refractivity contribution is 0.0581. The molecule has 1 atom stereocenters. The van der Waals surface area contributed by atoms with E-state index in [0.29, 0.717) is 19.0 Å². The summed E-state index contributed by atoms with van der Waals surface area (Å²) in [5.74, 6) is 0. The topological polar surface area (TPSA) is 32.3 Å². The molecular weight excluding hydrogens is 313 g/mol. The molecule has 0 heterocycles. The highest BCUT2D eigenvalue weighted by Gasteiger charge is 2.20. The molecule has 0 aliphatic carbocycles. The van der Waals surface area contributed by atoms with Crippen LogP contribution < -0.4 is 5.32 Å². The Morgan fingerprint density at radius 2 is 1.88 bits per heavy atom. The lowest BCUT2D eigenvalue weighted by atomic mass is 9.96. The first-order valence-corrected chi connectivity index (χ1v) is 6.67. The van der Waals surface area contributed by atoms with E-state index in [9.17, 15) is 5.11 Å². The first-order chi connectivity index (χ1) is 7.39. The van der Waals surface area contributed by atoms with Gasteiger partial charge in [-0.05, 0) is 47.2 Å². The third-order valence-electron chi connectivity index (χ3n) is 2.39. The number of benzene rings is 1. The molecular formula is C13H20INO. The van der Waals surface area contributed by atoms with Crippen LogP contribution in [0, 0.1) is 3.57 Å². The Kier molecular flexibility index (Phi) is 5.21. The first-order valence-electron chi connectivity index (χ1n) is 5.59. The van der Waals surface area contributed by atoms with Crippen molar-refractivity contribution in [2.75, 3.05) is 6.54 Å². The molecule has 16 heavy (non-hydrogen) atoms. The zero-order valence-electron chi connectivity index (χ0n) is 10.1. The summed E-state index contributed by atoms with van der Waals surface area (Å²) in [6.45, 7) is 6.67. The highest BCUT2D eigenvalue weighted by molar-refractivity contribution is 14.1. The molecule has 0 fully saturated rings. The summed E-state index contributed by atoms with van der Waals surface area (Å²) in [7, 11) is 0. The van der Waals surface area contributed by atoms with Crippen LogP contribution in [0.15, 0.2) is 24.3 Å². The van der Waals surface area contributed by atoms with Gasteiger partial charge in [-0.25, -0.2) is 0 Å². The summed E-state index contributed by atoms with van der Waals surface area (Å²) in [5, 5.41) is 13.5. The Hall–Kier alpha value is -0.130. The quantitative estimate of drug-likeness (QED) is 0.812. The van der Waals surface area contributed by atoms with Gasteiger partial charge in [0.2, 0.25) is 0 Å². The summed E-state index contributed by atoms with van der Waals surface area (Å²) in [6.07, 6.45) is 0.684. The SMILES string of the molecule is CC(C)NCC(C)(O)Cc1ccc(I)cc1. The lowest BCUT2D eigenvalue weighted by Gasteiger charge is -2.25. The highest BCUT2D eigenvalue weighted by Crippen LogP contribution is 2.14. The number of halogens is 1. The lowest BCUT2D eigenvalue weighted by Crippen LogP contribution is -2.42. The number of hydrogen-bond acceptors (Lipinski definition) is 2. The van der Waals surface area contributed by atoms with E-state index in [4.69, 9.17) is 0 Å². The molecule has 1 aromatic carbocycles. The van der Waals surface area contributed by atoms with Crippen molar-refractivity contribution in [1.82, 2.24) is 5.32 Å². The predicted molar refractivity (Wildman–Crippen MR) is 76.6 cm³/mol. The number of rotatable bonds is 5. The molecule has 2 nitrogen and oxygen atoms in total. The van der Waals surface area contributed by atoms with Crippen molar-refractivity contribution in [3.05, 3.63) is 33.4 Å². The van der Waals surface area contributed by atoms with Crippen LogP contribution in [0.3, 0.4) is 0 Å². The van der Waals surface area contributed by atoms with Gasteiger partial charge in [-0.15, -0.1) is 0 Å². The fraction of sp³-hybridized carbons (Fsp3) is 0.538. The first kappa shape index (κ1) is 13.9. The molecule has 0 radical (unpaired) electrons. The Bertz CT molecular complexity index is 319. The van der Waals surface area contributed by atoms with Gasteiger partial charge in [0.1, 0.15) is 0 Å². The largest absolute Gasteiger partial charge is 0.389 e. The van der Waals surface area contributed by atoms with E-state index in [2.05, 4.69) is 66.0 Å². The van der Waals surface area contributed by atoms with Crippen molar-refractivity contribution in [3.63, 3.8) is 0 Å². The van der Waals surface area contributed by atoms with E-state index in [1.165, 1.54) is 9.13 Å². The summed E-state index contributed by atoms with van der Waals surface area (Å²) in [5.41, 5.74) is 0.493. The van der Waals surface area contributed by atoms with Crippen molar-refractivity contribution >= 4 is 22.6 Å². The van der Waals surface area contributed by atoms with Gasteiger partial charge in [0.05, 0.1) is 5.60 Å². The average Bonchev–Trinajstić information content (AvgIpc) is 2.19. The summed E-state index contributed by atoms with van der Waals surface area (Å²) < 4.78 is 1.22. The molecule has 0 saturated carbocycles. The molecule has 1 unspecified atom stereocenters. The predicted octanol–water partition coefficient (Wildman–Crippen LogP) is 2.58. The van der Waals surface area contributed by atoms with Gasteiger partial charge in [-0.1, -0.05) is 26.0 Å². The number of nitrogens with one attached hydrogen (secondary N) is 1. The van der Waals surface area contributed by atoms with Gasteiger partial charge in [-0.2, -0.15) is 0 Å². The smallest absolute Gasteiger partial charge is 0.0783 e. The number of aliphatic hydroxyl groups is 1. The Balaban J connectivity index is 2.54. The molecule has 0 aliphatic heterocycles. The monoisotopic (exact) mass is 333 g/mol. The third kappa shape index (κ3) is 5.27. The van der Waals surface area contributed by atoms with Crippen LogP contribution in [0.2, 0.25) is 0 Å². The van der Waals surface area contributed by atoms with Gasteiger partial charge in [0, 0.05) is 22.6 Å². The van der Waals surface area contributed by atoms with E-state index in [0.717, 1.165) is 0 Å². The fourth-order valence-corrected chi connectivity index (χ4v) is 1.89. The maximum absolute atomic E-state index is 10.2. The second-order valence-electron chi connectivity index (χ2n) is 4.84. The van der Waals surface area contributed by atoms with Gasteiger partial charge in [0.25, 0.3) is 0 Å². The standard InChI is InChI=1S/C13H20INO/c1-10(2)15-9-13(3,16)8-11-4-6-12(14)7-5-11/h4-7,10,15-16H,8-9H2,1-3H3. The Labute approximate surface area is 112 Å². The molecule has 0 saturated heterocycles. The zero-order chi connectivity index (χ0) is 12.2. The van der Waals surface area contributed by atoms with Crippen LogP contribution in [0.1, 0.15) is 26.3 Å². The van der Waals surface area contributed by atoms with Crippen molar-refractivity contribution < 1.29 is 5.11 Å². The van der Waals surface area contributed by atoms with Crippen LogP contribution in [0.25, 0.3) is 0 Å². The van der Waals surface area contributed by atoms with Crippen LogP contribution in [-0.4, -0.2) is 23.3 Å². The van der Waals surface area contributed by atoms with Crippen molar-refractivity contribution in [2.45, 2.75) is 38.8 Å². The van der Waals surface area contributed by atoms with E-state index >= 15 is 0 Å². The van der Waals surface area contributed by atoms with E-state index in [1.807, 2.05) is 6.92 Å². The normalized spacial score (nSPS) is 15.1. The minimum Gasteiger partial charge on any atom is -0.389 e. The fourth-order valence-electron chi connectivity index (χ4n) is 1.53.